The van der Waals surface area contributed by atoms with Gasteiger partial charge in [0.15, 0.2) is 5.78 Å². The number of allylic oxidation sites excluding steroid dienone is 2. The van der Waals surface area contributed by atoms with E-state index in [4.69, 9.17) is 4.74 Å². The molecule has 0 N–H and O–H groups in total. The Hall–Kier alpha value is -2.16. The van der Waals surface area contributed by atoms with Crippen molar-refractivity contribution in [2.24, 2.45) is 0 Å². The van der Waals surface area contributed by atoms with E-state index in [0.29, 0.717) is 5.76 Å². The van der Waals surface area contributed by atoms with Gasteiger partial charge in [0.05, 0.1) is 0 Å². The number of hydrogen-bond acceptors (Lipinski definition) is 3. The molecular weight excluding hydrogens is 204 g/mol. The summed E-state index contributed by atoms with van der Waals surface area (Å²) in [5.41, 5.74) is 0.868. The molecule has 3 heteroatoms. The Morgan fingerprint density at radius 1 is 1.12 bits per heavy atom. The van der Waals surface area contributed by atoms with Crippen LogP contribution in [0.15, 0.2) is 47.7 Å². The van der Waals surface area contributed by atoms with Crippen LogP contribution >= 0.6 is 0 Å². The zero-order chi connectivity index (χ0) is 11.5. The smallest absolute Gasteiger partial charge is 0.347 e. The Morgan fingerprint density at radius 2 is 1.81 bits per heavy atom. The summed E-state index contributed by atoms with van der Waals surface area (Å²) in [5.74, 6) is -0.563. The van der Waals surface area contributed by atoms with E-state index in [1.807, 2.05) is 30.3 Å². The number of esters is 1. The monoisotopic (exact) mass is 214 g/mol. The van der Waals surface area contributed by atoms with E-state index in [0.717, 1.165) is 5.56 Å². The molecule has 0 aliphatic carbocycles. The van der Waals surface area contributed by atoms with Crippen molar-refractivity contribution in [2.45, 2.75) is 6.92 Å². The molecule has 0 fully saturated rings. The van der Waals surface area contributed by atoms with Crippen molar-refractivity contribution >= 4 is 17.8 Å². The molecule has 0 saturated carbocycles. The van der Waals surface area contributed by atoms with E-state index in [2.05, 4.69) is 0 Å². The average Bonchev–Trinajstić information content (AvgIpc) is 2.25. The topological polar surface area (TPSA) is 43.4 Å². The van der Waals surface area contributed by atoms with Crippen LogP contribution in [0.25, 0.3) is 6.08 Å². The van der Waals surface area contributed by atoms with E-state index < -0.39 is 5.97 Å². The van der Waals surface area contributed by atoms with Crippen LogP contribution in [0.4, 0.5) is 0 Å². The number of carbonyl (C=O) groups is 2. The SMILES string of the molecule is CC1=CC(=O)C(=Cc2ccccc2)C(=O)O1. The van der Waals surface area contributed by atoms with Gasteiger partial charge in [-0.3, -0.25) is 4.79 Å². The molecule has 1 aliphatic heterocycles. The third kappa shape index (κ3) is 2.08. The molecule has 1 aliphatic rings. The van der Waals surface area contributed by atoms with Gasteiger partial charge in [-0.2, -0.15) is 0 Å². The van der Waals surface area contributed by atoms with Crippen LogP contribution in [0.3, 0.4) is 0 Å². The predicted molar refractivity (Wildman–Crippen MR) is 59.3 cm³/mol. The largest absolute Gasteiger partial charge is 0.428 e. The Balaban J connectivity index is 2.38. The van der Waals surface area contributed by atoms with Crippen LogP contribution in [-0.2, 0) is 14.3 Å². The Kier molecular flexibility index (Phi) is 2.68. The van der Waals surface area contributed by atoms with Gasteiger partial charge in [-0.15, -0.1) is 0 Å². The maximum atomic E-state index is 11.6. The van der Waals surface area contributed by atoms with Gasteiger partial charge < -0.3 is 4.74 Å². The van der Waals surface area contributed by atoms with Crippen LogP contribution in [-0.4, -0.2) is 11.8 Å². The lowest BCUT2D eigenvalue weighted by atomic mass is 10.1. The summed E-state index contributed by atoms with van der Waals surface area (Å²) in [6, 6.07) is 9.18. The van der Waals surface area contributed by atoms with Crippen LogP contribution in [0.5, 0.6) is 0 Å². The molecule has 0 aromatic heterocycles. The fourth-order valence-corrected chi connectivity index (χ4v) is 1.44. The molecule has 0 amide bonds. The maximum absolute atomic E-state index is 11.6. The quantitative estimate of drug-likeness (QED) is 0.408. The van der Waals surface area contributed by atoms with Crippen molar-refractivity contribution in [3.8, 4) is 0 Å². The van der Waals surface area contributed by atoms with Crippen molar-refractivity contribution in [1.29, 1.82) is 0 Å². The third-order valence-corrected chi connectivity index (χ3v) is 2.18. The van der Waals surface area contributed by atoms with Gasteiger partial charge in [0.1, 0.15) is 11.3 Å². The second-order valence-electron chi connectivity index (χ2n) is 3.48. The number of cyclic esters (lactones) is 1. The first-order valence-electron chi connectivity index (χ1n) is 4.88. The molecule has 1 aromatic rings. The average molecular weight is 214 g/mol. The van der Waals surface area contributed by atoms with Gasteiger partial charge in [-0.1, -0.05) is 30.3 Å². The minimum atomic E-state index is -0.589. The Labute approximate surface area is 93.0 Å². The van der Waals surface area contributed by atoms with Crippen molar-refractivity contribution in [2.75, 3.05) is 0 Å². The standard InChI is InChI=1S/C13H10O3/c1-9-7-12(14)11(13(15)16-9)8-10-5-3-2-4-6-10/h2-8H,1H3. The van der Waals surface area contributed by atoms with Crippen molar-refractivity contribution in [3.05, 3.63) is 53.3 Å². The lowest BCUT2D eigenvalue weighted by molar-refractivity contribution is -0.137. The van der Waals surface area contributed by atoms with Crippen LogP contribution in [0.1, 0.15) is 12.5 Å². The van der Waals surface area contributed by atoms with Crippen LogP contribution < -0.4 is 0 Å². The molecule has 0 unspecified atom stereocenters. The number of ether oxygens (including phenoxy) is 1. The molecular formula is C13H10O3. The molecule has 16 heavy (non-hydrogen) atoms. The first kappa shape index (κ1) is 10.4. The summed E-state index contributed by atoms with van der Waals surface area (Å²) in [6.07, 6.45) is 2.85. The predicted octanol–water partition coefficient (Wildman–Crippen LogP) is 2.10. The minimum absolute atomic E-state index is 0.0665. The zero-order valence-electron chi connectivity index (χ0n) is 8.77. The highest BCUT2D eigenvalue weighted by molar-refractivity contribution is 6.26. The fraction of sp³-hybridized carbons (Fsp3) is 0.0769. The van der Waals surface area contributed by atoms with Crippen molar-refractivity contribution < 1.29 is 14.3 Å². The highest BCUT2D eigenvalue weighted by Gasteiger charge is 2.23. The zero-order valence-corrected chi connectivity index (χ0v) is 8.77. The van der Waals surface area contributed by atoms with Gasteiger partial charge in [-0.05, 0) is 18.6 Å². The van der Waals surface area contributed by atoms with Crippen molar-refractivity contribution in [1.82, 2.24) is 0 Å². The highest BCUT2D eigenvalue weighted by atomic mass is 16.5. The highest BCUT2D eigenvalue weighted by Crippen LogP contribution is 2.16. The summed E-state index contributed by atoms with van der Waals surface area (Å²) in [5, 5.41) is 0. The number of benzene rings is 1. The lowest BCUT2D eigenvalue weighted by Gasteiger charge is -2.11. The van der Waals surface area contributed by atoms with E-state index >= 15 is 0 Å². The lowest BCUT2D eigenvalue weighted by Crippen LogP contribution is -2.19. The summed E-state index contributed by atoms with van der Waals surface area (Å²) < 4.78 is 4.87. The Morgan fingerprint density at radius 3 is 2.44 bits per heavy atom. The third-order valence-electron chi connectivity index (χ3n) is 2.18. The van der Waals surface area contributed by atoms with Gasteiger partial charge in [0, 0.05) is 6.08 Å². The van der Waals surface area contributed by atoms with E-state index in [1.165, 1.54) is 12.2 Å². The van der Waals surface area contributed by atoms with Crippen molar-refractivity contribution in [3.63, 3.8) is 0 Å². The second kappa shape index (κ2) is 4.14. The molecule has 0 atom stereocenters. The Bertz CT molecular complexity index is 495. The second-order valence-corrected chi connectivity index (χ2v) is 3.48. The molecule has 1 aromatic carbocycles. The molecule has 2 rings (SSSR count). The van der Waals surface area contributed by atoms with Gasteiger partial charge >= 0.3 is 5.97 Å². The fourth-order valence-electron chi connectivity index (χ4n) is 1.44. The molecule has 0 spiro atoms. The van der Waals surface area contributed by atoms with Gasteiger partial charge in [0.25, 0.3) is 0 Å². The number of carbonyl (C=O) groups excluding carboxylic acids is 2. The normalized spacial score (nSPS) is 18.3. The van der Waals surface area contributed by atoms with E-state index in [1.54, 1.807) is 6.92 Å². The molecule has 80 valence electrons. The summed E-state index contributed by atoms with van der Waals surface area (Å²) in [4.78, 5) is 23.0. The summed E-state index contributed by atoms with van der Waals surface area (Å²) in [7, 11) is 0. The van der Waals surface area contributed by atoms with Gasteiger partial charge in [-0.25, -0.2) is 4.79 Å². The molecule has 0 bridgehead atoms. The van der Waals surface area contributed by atoms with Gasteiger partial charge in [0.2, 0.25) is 0 Å². The maximum Gasteiger partial charge on any atom is 0.347 e. The minimum Gasteiger partial charge on any atom is -0.428 e. The number of ketones is 1. The first-order chi connectivity index (χ1) is 7.66. The van der Waals surface area contributed by atoms with Crippen LogP contribution in [0.2, 0.25) is 0 Å². The number of hydrogen-bond donors (Lipinski definition) is 0. The van der Waals surface area contributed by atoms with E-state index in [-0.39, 0.29) is 11.4 Å². The first-order valence-corrected chi connectivity index (χ1v) is 4.88. The number of rotatable bonds is 1. The summed E-state index contributed by atoms with van der Waals surface area (Å²) in [6.45, 7) is 1.58. The van der Waals surface area contributed by atoms with E-state index in [9.17, 15) is 9.59 Å². The van der Waals surface area contributed by atoms with Crippen LogP contribution in [0, 0.1) is 0 Å². The molecule has 0 saturated heterocycles. The summed E-state index contributed by atoms with van der Waals surface area (Å²) >= 11 is 0. The molecule has 0 radical (unpaired) electrons. The molecule has 3 nitrogen and oxygen atoms in total. The molecule has 1 heterocycles.